The molecule has 0 spiro atoms. The molecule has 1 aromatic rings. The molecule has 2 saturated heterocycles. The number of alkyl halides is 3. The number of fused-ring (bicyclic) bond motifs is 1. The van der Waals surface area contributed by atoms with Gasteiger partial charge in [-0.15, -0.1) is 0 Å². The number of ketones is 1. The lowest BCUT2D eigenvalue weighted by Gasteiger charge is -2.37. The molecule has 78 heavy (non-hydrogen) atoms. The summed E-state index contributed by atoms with van der Waals surface area (Å²) < 4.78 is 122. The summed E-state index contributed by atoms with van der Waals surface area (Å²) in [4.78, 5) is 60.8. The van der Waals surface area contributed by atoms with Crippen molar-refractivity contribution in [3.05, 3.63) is 18.0 Å². The van der Waals surface area contributed by atoms with Crippen molar-refractivity contribution in [3.63, 3.8) is 0 Å². The molecule has 2 aliphatic heterocycles. The number of carbonyl (C=O) groups excluding carboxylic acids is 3. The Morgan fingerprint density at radius 3 is 1.95 bits per heavy atom. The van der Waals surface area contributed by atoms with Crippen molar-refractivity contribution in [1.82, 2.24) is 26.1 Å². The maximum Gasteiger partial charge on any atom is 0.433 e. The van der Waals surface area contributed by atoms with Gasteiger partial charge in [0.1, 0.15) is 49.7 Å². The highest BCUT2D eigenvalue weighted by atomic mass is 19.4. The third kappa shape index (κ3) is 33.6. The van der Waals surface area contributed by atoms with Gasteiger partial charge in [0.25, 0.3) is 0 Å². The average Bonchev–Trinajstić information content (AvgIpc) is 3.75. The van der Waals surface area contributed by atoms with Crippen LogP contribution in [-0.4, -0.2) is 254 Å². The van der Waals surface area contributed by atoms with Crippen LogP contribution in [0.1, 0.15) is 45.2 Å². The van der Waals surface area contributed by atoms with Crippen LogP contribution in [0.2, 0.25) is 0 Å². The molecule has 5 atom stereocenters. The molecule has 2 amide bonds. The summed E-state index contributed by atoms with van der Waals surface area (Å²) in [5.74, 6) is -2.97. The molecular formula is C48H81F3N6O21. The van der Waals surface area contributed by atoms with E-state index in [1.807, 2.05) is 0 Å². The number of methoxy groups -OCH3 is 1. The number of carboxylic acid groups (broad SMARTS) is 1. The van der Waals surface area contributed by atoms with E-state index >= 15 is 0 Å². The Bertz CT molecular complexity index is 1770. The number of hydrogen-bond acceptors (Lipinski definition) is 24. The first-order chi connectivity index (χ1) is 37.7. The maximum absolute atomic E-state index is 13.2. The SMILES string of the molecule is COCCOCCOCCOCCNC(=O)CCOCC(COCCC(=O)CCCOCCOCCONCOC[C@H]1OC[C@H](Nc2nccc(C(F)(F)F)n2)[C@H]2OC(C)(C)O[C@H]21)NC(=O)COCCOCCOCC(=O)O. The van der Waals surface area contributed by atoms with Crippen LogP contribution in [-0.2, 0) is 101 Å². The second kappa shape index (κ2) is 42.0. The summed E-state index contributed by atoms with van der Waals surface area (Å²) in [6, 6.07) is -0.409. The molecule has 0 aliphatic carbocycles. The summed E-state index contributed by atoms with van der Waals surface area (Å²) in [5.41, 5.74) is 1.61. The fourth-order valence-electron chi connectivity index (χ4n) is 7.00. The lowest BCUT2D eigenvalue weighted by atomic mass is 9.98. The van der Waals surface area contributed by atoms with Gasteiger partial charge < -0.3 is 92.1 Å². The third-order valence-corrected chi connectivity index (χ3v) is 10.6. The van der Waals surface area contributed by atoms with Crippen LogP contribution in [0.25, 0.3) is 0 Å². The Labute approximate surface area is 452 Å². The number of hydroxylamine groups is 1. The van der Waals surface area contributed by atoms with Gasteiger partial charge in [-0.05, 0) is 26.3 Å². The van der Waals surface area contributed by atoms with Crippen molar-refractivity contribution < 1.29 is 113 Å². The minimum Gasteiger partial charge on any atom is -0.480 e. The van der Waals surface area contributed by atoms with Crippen LogP contribution >= 0.6 is 0 Å². The quantitative estimate of drug-likeness (QED) is 0.0333. The number of hydrogen-bond donors (Lipinski definition) is 5. The number of carboxylic acids is 1. The van der Waals surface area contributed by atoms with E-state index in [-0.39, 0.29) is 130 Å². The van der Waals surface area contributed by atoms with E-state index in [2.05, 4.69) is 31.4 Å². The second-order valence-electron chi connectivity index (χ2n) is 17.5. The predicted octanol–water partition coefficient (Wildman–Crippen LogP) is 0.318. The third-order valence-electron chi connectivity index (χ3n) is 10.6. The largest absolute Gasteiger partial charge is 0.480 e. The number of Topliss-reactive ketones (excluding diaryl/α,β-unsaturated/α-hetero) is 1. The molecule has 27 nitrogen and oxygen atoms in total. The molecule has 0 radical (unpaired) electrons. The van der Waals surface area contributed by atoms with Crippen LogP contribution < -0.4 is 21.4 Å². The standard InChI is InChI=1S/C48H81F3N6O21/c1-47(2)77-44-38(56-46-53-9-6-40(57-46)48(49,50)51)31-75-39(45(44)78-47)32-74-35-54-76-28-27-69-19-17-64-11-4-5-37(58)7-12-70-29-36(55-42(60)33-72-25-23-68-24-26-73-34-43(61)62)30-71-13-8-41(59)52-10-14-65-18-20-67-22-21-66-16-15-63-3/h6,9,36,38-39,44-45,54H,4-5,7-8,10-35H2,1-3H3,(H,52,59)(H,55,60)(H,61,62)(H,53,56,57)/t36?,38-,39+,44+,45-/m0/s1. The number of nitrogens with one attached hydrogen (secondary N) is 4. The van der Waals surface area contributed by atoms with Gasteiger partial charge in [-0.2, -0.15) is 18.7 Å². The van der Waals surface area contributed by atoms with Crippen LogP contribution in [0.3, 0.4) is 0 Å². The van der Waals surface area contributed by atoms with Gasteiger partial charge in [-0.1, -0.05) is 0 Å². The highest BCUT2D eigenvalue weighted by molar-refractivity contribution is 5.78. The number of aromatic nitrogens is 2. The number of carbonyl (C=O) groups is 4. The topological polar surface area (TPSA) is 310 Å². The van der Waals surface area contributed by atoms with Gasteiger partial charge in [-0.25, -0.2) is 14.8 Å². The molecule has 450 valence electrons. The Balaban J connectivity index is 1.19. The fourth-order valence-corrected chi connectivity index (χ4v) is 7.00. The molecule has 1 aromatic heterocycles. The first kappa shape index (κ1) is 68.3. The summed E-state index contributed by atoms with van der Waals surface area (Å²) in [7, 11) is 1.60. The van der Waals surface area contributed by atoms with Crippen molar-refractivity contribution in [2.24, 2.45) is 0 Å². The number of amides is 2. The molecule has 1 unspecified atom stereocenters. The Morgan fingerprint density at radius 2 is 1.29 bits per heavy atom. The molecule has 2 fully saturated rings. The number of nitrogens with zero attached hydrogens (tertiary/aromatic N) is 2. The highest BCUT2D eigenvalue weighted by Crippen LogP contribution is 2.36. The van der Waals surface area contributed by atoms with Crippen molar-refractivity contribution in [1.29, 1.82) is 0 Å². The number of rotatable bonds is 50. The number of anilines is 1. The smallest absolute Gasteiger partial charge is 0.433 e. The first-order valence-electron chi connectivity index (χ1n) is 25.8. The van der Waals surface area contributed by atoms with Crippen LogP contribution in [0.4, 0.5) is 19.1 Å². The van der Waals surface area contributed by atoms with Crippen molar-refractivity contribution in [2.45, 2.75) is 81.9 Å². The van der Waals surface area contributed by atoms with Gasteiger partial charge in [0, 0.05) is 45.7 Å². The summed E-state index contributed by atoms with van der Waals surface area (Å²) in [5, 5.41) is 17.0. The Morgan fingerprint density at radius 1 is 0.705 bits per heavy atom. The normalized spacial score (nSPS) is 18.4. The Kier molecular flexibility index (Phi) is 36.8. The zero-order valence-electron chi connectivity index (χ0n) is 44.9. The van der Waals surface area contributed by atoms with E-state index in [0.29, 0.717) is 79.0 Å². The summed E-state index contributed by atoms with van der Waals surface area (Å²) in [6.07, 6.45) is -4.30. The number of ether oxygens (including phenoxy) is 15. The number of aliphatic carboxylic acids is 1. The van der Waals surface area contributed by atoms with Gasteiger partial charge in [0.2, 0.25) is 17.8 Å². The predicted molar refractivity (Wildman–Crippen MR) is 264 cm³/mol. The van der Waals surface area contributed by atoms with Crippen LogP contribution in [0.15, 0.2) is 12.3 Å². The van der Waals surface area contributed by atoms with Gasteiger partial charge in [0.05, 0.1) is 151 Å². The Hall–Kier alpha value is -3.93. The monoisotopic (exact) mass is 1130 g/mol. The van der Waals surface area contributed by atoms with Crippen LogP contribution in [0.5, 0.6) is 0 Å². The molecule has 3 rings (SSSR count). The van der Waals surface area contributed by atoms with Crippen molar-refractivity contribution >= 4 is 29.5 Å². The van der Waals surface area contributed by atoms with E-state index < -0.39 is 66.5 Å². The molecular weight excluding hydrogens is 1050 g/mol. The minimum atomic E-state index is -4.62. The van der Waals surface area contributed by atoms with E-state index in [1.165, 1.54) is 0 Å². The molecule has 2 aliphatic rings. The summed E-state index contributed by atoms with van der Waals surface area (Å²) in [6.45, 7) is 8.49. The second-order valence-corrected chi connectivity index (χ2v) is 17.5. The van der Waals surface area contributed by atoms with Gasteiger partial charge in [-0.3, -0.25) is 19.2 Å². The van der Waals surface area contributed by atoms with Crippen molar-refractivity contribution in [2.75, 3.05) is 184 Å². The minimum absolute atomic E-state index is 0.0176. The van der Waals surface area contributed by atoms with Gasteiger partial charge in [0.15, 0.2) is 5.79 Å². The maximum atomic E-state index is 13.2. The van der Waals surface area contributed by atoms with Gasteiger partial charge >= 0.3 is 12.1 Å². The zero-order chi connectivity index (χ0) is 56.5. The number of halogens is 3. The lowest BCUT2D eigenvalue weighted by molar-refractivity contribution is -0.163. The highest BCUT2D eigenvalue weighted by Gasteiger charge is 2.52. The molecule has 0 saturated carbocycles. The fraction of sp³-hybridized carbons (Fsp3) is 0.833. The average molecular weight is 1140 g/mol. The zero-order valence-corrected chi connectivity index (χ0v) is 44.9. The lowest BCUT2D eigenvalue weighted by Crippen LogP contribution is -2.55. The summed E-state index contributed by atoms with van der Waals surface area (Å²) >= 11 is 0. The molecule has 30 heteroatoms. The van der Waals surface area contributed by atoms with Crippen LogP contribution in [0, 0.1) is 0 Å². The van der Waals surface area contributed by atoms with E-state index in [9.17, 15) is 32.3 Å². The van der Waals surface area contributed by atoms with E-state index in [4.69, 9.17) is 81.0 Å². The first-order valence-corrected chi connectivity index (χ1v) is 25.8. The van der Waals surface area contributed by atoms with E-state index in [1.54, 1.807) is 21.0 Å². The van der Waals surface area contributed by atoms with Crippen molar-refractivity contribution in [3.8, 4) is 0 Å². The molecule has 0 bridgehead atoms. The molecule has 3 heterocycles. The van der Waals surface area contributed by atoms with E-state index in [0.717, 1.165) is 12.3 Å². The molecule has 5 N–H and O–H groups in total. The molecule has 0 aromatic carbocycles.